The molecule has 6 heteroatoms. The van der Waals surface area contributed by atoms with Crippen molar-refractivity contribution in [3.05, 3.63) is 95.6 Å². The third kappa shape index (κ3) is 5.48. The van der Waals surface area contributed by atoms with Crippen molar-refractivity contribution in [2.75, 3.05) is 4.72 Å². The average molecular weight is 423 g/mol. The number of nitrogens with one attached hydrogen (secondary N) is 2. The summed E-state index contributed by atoms with van der Waals surface area (Å²) in [6.07, 6.45) is 1.69. The van der Waals surface area contributed by atoms with E-state index >= 15 is 0 Å². The van der Waals surface area contributed by atoms with E-state index in [1.165, 1.54) is 17.7 Å². The Morgan fingerprint density at radius 2 is 1.53 bits per heavy atom. The molecule has 0 bridgehead atoms. The van der Waals surface area contributed by atoms with E-state index in [2.05, 4.69) is 22.2 Å². The average Bonchev–Trinajstić information content (AvgIpc) is 2.75. The first kappa shape index (κ1) is 21.6. The van der Waals surface area contributed by atoms with Gasteiger partial charge in [0.05, 0.1) is 10.6 Å². The maximum absolute atomic E-state index is 12.8. The van der Waals surface area contributed by atoms with Crippen molar-refractivity contribution in [2.45, 2.75) is 37.6 Å². The molecule has 0 saturated heterocycles. The summed E-state index contributed by atoms with van der Waals surface area (Å²) < 4.78 is 27.8. The number of aryl methyl sites for hydroxylation is 1. The second kappa shape index (κ2) is 9.59. The Kier molecular flexibility index (Phi) is 6.90. The molecular formula is C24H26N2O3S. The number of rotatable bonds is 8. The Hall–Kier alpha value is -3.12. The molecule has 0 radical (unpaired) electrons. The number of hydrogen-bond acceptors (Lipinski definition) is 3. The quantitative estimate of drug-likeness (QED) is 0.559. The molecular weight excluding hydrogens is 396 g/mol. The first-order chi connectivity index (χ1) is 14.4. The number of hydrogen-bond donors (Lipinski definition) is 2. The Balaban J connectivity index is 1.68. The summed E-state index contributed by atoms with van der Waals surface area (Å²) in [5, 5.41) is 3.01. The molecule has 156 valence electrons. The van der Waals surface area contributed by atoms with Crippen LogP contribution in [0, 0.1) is 6.92 Å². The lowest BCUT2D eigenvalue weighted by Crippen LogP contribution is -2.33. The van der Waals surface area contributed by atoms with Crippen molar-refractivity contribution in [1.29, 1.82) is 0 Å². The van der Waals surface area contributed by atoms with Crippen LogP contribution in [0.1, 0.15) is 34.8 Å². The number of sulfonamides is 1. The zero-order valence-corrected chi connectivity index (χ0v) is 17.9. The maximum atomic E-state index is 12.8. The summed E-state index contributed by atoms with van der Waals surface area (Å²) in [5.74, 6) is -0.214. The lowest BCUT2D eigenvalue weighted by Gasteiger charge is -2.17. The van der Waals surface area contributed by atoms with Gasteiger partial charge in [0.15, 0.2) is 0 Å². The SMILES string of the molecule is Cc1c(NS(=O)(=O)c2ccccc2)cccc1C(=O)N[C@@H](C)CCc1ccccc1. The second-order valence-electron chi connectivity index (χ2n) is 7.30. The topological polar surface area (TPSA) is 75.3 Å². The Morgan fingerprint density at radius 1 is 0.900 bits per heavy atom. The van der Waals surface area contributed by atoms with Gasteiger partial charge in [-0.05, 0) is 62.1 Å². The van der Waals surface area contributed by atoms with Crippen molar-refractivity contribution in [2.24, 2.45) is 0 Å². The minimum Gasteiger partial charge on any atom is -0.350 e. The van der Waals surface area contributed by atoms with E-state index in [0.717, 1.165) is 12.8 Å². The fourth-order valence-corrected chi connectivity index (χ4v) is 4.34. The number of anilines is 1. The third-order valence-electron chi connectivity index (χ3n) is 4.96. The standard InChI is InChI=1S/C24H26N2O3S/c1-18(16-17-20-10-5-3-6-11-20)25-24(27)22-14-9-15-23(19(22)2)26-30(28,29)21-12-7-4-8-13-21/h3-15,18,26H,16-17H2,1-2H3,(H,25,27)/t18-/m0/s1. The first-order valence-electron chi connectivity index (χ1n) is 9.89. The highest BCUT2D eigenvalue weighted by Crippen LogP contribution is 2.23. The summed E-state index contributed by atoms with van der Waals surface area (Å²) >= 11 is 0. The molecule has 3 rings (SSSR count). The minimum atomic E-state index is -3.72. The van der Waals surface area contributed by atoms with E-state index in [-0.39, 0.29) is 16.8 Å². The largest absolute Gasteiger partial charge is 0.350 e. The molecule has 30 heavy (non-hydrogen) atoms. The van der Waals surface area contributed by atoms with Crippen molar-refractivity contribution in [1.82, 2.24) is 5.32 Å². The highest BCUT2D eigenvalue weighted by Gasteiger charge is 2.18. The van der Waals surface area contributed by atoms with Crippen LogP contribution in [0.15, 0.2) is 83.8 Å². The molecule has 0 spiro atoms. The summed E-state index contributed by atoms with van der Waals surface area (Å²) in [6.45, 7) is 3.71. The molecule has 2 N–H and O–H groups in total. The van der Waals surface area contributed by atoms with Crippen molar-refractivity contribution in [3.8, 4) is 0 Å². The number of benzene rings is 3. The summed E-state index contributed by atoms with van der Waals surface area (Å²) in [6, 6.07) is 23.3. The van der Waals surface area contributed by atoms with Crippen LogP contribution in [0.2, 0.25) is 0 Å². The van der Waals surface area contributed by atoms with Crippen LogP contribution in [-0.4, -0.2) is 20.4 Å². The van der Waals surface area contributed by atoms with Gasteiger partial charge in [0, 0.05) is 11.6 Å². The number of carbonyl (C=O) groups is 1. The zero-order valence-electron chi connectivity index (χ0n) is 17.1. The van der Waals surface area contributed by atoms with Gasteiger partial charge in [-0.25, -0.2) is 8.42 Å². The molecule has 3 aromatic rings. The third-order valence-corrected chi connectivity index (χ3v) is 6.34. The van der Waals surface area contributed by atoms with E-state index in [1.54, 1.807) is 43.3 Å². The Morgan fingerprint density at radius 3 is 2.20 bits per heavy atom. The molecule has 0 aliphatic heterocycles. The highest BCUT2D eigenvalue weighted by molar-refractivity contribution is 7.92. The normalized spacial score (nSPS) is 12.2. The van der Waals surface area contributed by atoms with Crippen molar-refractivity contribution < 1.29 is 13.2 Å². The van der Waals surface area contributed by atoms with E-state index in [4.69, 9.17) is 0 Å². The predicted octanol–water partition coefficient (Wildman–Crippen LogP) is 4.55. The summed E-state index contributed by atoms with van der Waals surface area (Å²) in [5.41, 5.74) is 2.66. The van der Waals surface area contributed by atoms with Gasteiger partial charge in [-0.15, -0.1) is 0 Å². The fraction of sp³-hybridized carbons (Fsp3) is 0.208. The molecule has 3 aromatic carbocycles. The molecule has 0 unspecified atom stereocenters. The van der Waals surface area contributed by atoms with Crippen LogP contribution in [0.3, 0.4) is 0 Å². The van der Waals surface area contributed by atoms with Gasteiger partial charge < -0.3 is 5.32 Å². The van der Waals surface area contributed by atoms with Crippen molar-refractivity contribution in [3.63, 3.8) is 0 Å². The maximum Gasteiger partial charge on any atom is 0.261 e. The monoisotopic (exact) mass is 422 g/mol. The van der Waals surface area contributed by atoms with Crippen LogP contribution in [0.4, 0.5) is 5.69 Å². The summed E-state index contributed by atoms with van der Waals surface area (Å²) in [4.78, 5) is 13.0. The van der Waals surface area contributed by atoms with Crippen LogP contribution in [-0.2, 0) is 16.4 Å². The lowest BCUT2D eigenvalue weighted by atomic mass is 10.0. The fourth-order valence-electron chi connectivity index (χ4n) is 3.20. The summed E-state index contributed by atoms with van der Waals surface area (Å²) in [7, 11) is -3.72. The Labute approximate surface area is 178 Å². The molecule has 0 fully saturated rings. The Bertz CT molecular complexity index is 1100. The molecule has 0 aliphatic carbocycles. The van der Waals surface area contributed by atoms with Crippen molar-refractivity contribution >= 4 is 21.6 Å². The number of carbonyl (C=O) groups excluding carboxylic acids is 1. The van der Waals surface area contributed by atoms with Gasteiger partial charge >= 0.3 is 0 Å². The van der Waals surface area contributed by atoms with E-state index in [9.17, 15) is 13.2 Å². The number of amides is 1. The molecule has 0 aliphatic rings. The molecule has 0 aromatic heterocycles. The van der Waals surface area contributed by atoms with Crippen LogP contribution in [0.5, 0.6) is 0 Å². The second-order valence-corrected chi connectivity index (χ2v) is 8.98. The van der Waals surface area contributed by atoms with Gasteiger partial charge in [-0.1, -0.05) is 54.6 Å². The lowest BCUT2D eigenvalue weighted by molar-refractivity contribution is 0.0938. The van der Waals surface area contributed by atoms with Crippen LogP contribution < -0.4 is 10.0 Å². The molecule has 1 amide bonds. The first-order valence-corrected chi connectivity index (χ1v) is 11.4. The predicted molar refractivity (Wildman–Crippen MR) is 120 cm³/mol. The zero-order chi connectivity index (χ0) is 21.6. The van der Waals surface area contributed by atoms with Gasteiger partial charge in [0.25, 0.3) is 15.9 Å². The van der Waals surface area contributed by atoms with E-state index in [1.807, 2.05) is 25.1 Å². The van der Waals surface area contributed by atoms with Gasteiger partial charge in [-0.3, -0.25) is 9.52 Å². The van der Waals surface area contributed by atoms with Gasteiger partial charge in [0.2, 0.25) is 0 Å². The highest BCUT2D eigenvalue weighted by atomic mass is 32.2. The smallest absolute Gasteiger partial charge is 0.261 e. The van der Waals surface area contributed by atoms with Gasteiger partial charge in [0.1, 0.15) is 0 Å². The van der Waals surface area contributed by atoms with E-state index in [0.29, 0.717) is 16.8 Å². The van der Waals surface area contributed by atoms with Gasteiger partial charge in [-0.2, -0.15) is 0 Å². The minimum absolute atomic E-state index is 0.0122. The molecule has 0 heterocycles. The molecule has 5 nitrogen and oxygen atoms in total. The molecule has 1 atom stereocenters. The van der Waals surface area contributed by atoms with Crippen LogP contribution in [0.25, 0.3) is 0 Å². The van der Waals surface area contributed by atoms with E-state index < -0.39 is 10.0 Å². The molecule has 0 saturated carbocycles. The van der Waals surface area contributed by atoms with Crippen LogP contribution >= 0.6 is 0 Å².